The number of carbonyl (C=O) groups excluding carboxylic acids is 1. The highest BCUT2D eigenvalue weighted by Gasteiger charge is 2.30. The van der Waals surface area contributed by atoms with Crippen molar-refractivity contribution in [2.24, 2.45) is 0 Å². The predicted octanol–water partition coefficient (Wildman–Crippen LogP) is 2.66. The Morgan fingerprint density at radius 2 is 2.03 bits per heavy atom. The Balaban J connectivity index is 1.57. The maximum absolute atomic E-state index is 13.1. The topological polar surface area (TPSA) is 107 Å². The van der Waals surface area contributed by atoms with Crippen LogP contribution < -0.4 is 5.32 Å². The zero-order valence-corrected chi connectivity index (χ0v) is 17.4. The van der Waals surface area contributed by atoms with E-state index in [2.05, 4.69) is 10.4 Å². The van der Waals surface area contributed by atoms with Gasteiger partial charge in [0.05, 0.1) is 40.6 Å². The maximum Gasteiger partial charge on any atom is 0.252 e. The van der Waals surface area contributed by atoms with Crippen molar-refractivity contribution in [2.75, 3.05) is 11.5 Å². The molecule has 4 heterocycles. The molecule has 1 unspecified atom stereocenters. The van der Waals surface area contributed by atoms with Crippen LogP contribution in [0.5, 0.6) is 0 Å². The van der Waals surface area contributed by atoms with E-state index in [1.54, 1.807) is 29.3 Å². The molecule has 0 radical (unpaired) electrons. The fourth-order valence-electron chi connectivity index (χ4n) is 3.83. The second-order valence-electron chi connectivity index (χ2n) is 7.61. The average Bonchev–Trinajstić information content (AvgIpc) is 3.49. The minimum atomic E-state index is -3.10. The van der Waals surface area contributed by atoms with Crippen LogP contribution in [0.15, 0.2) is 65.4 Å². The van der Waals surface area contributed by atoms with Crippen LogP contribution in [0.2, 0.25) is 0 Å². The molecule has 1 saturated heterocycles. The Hall–Kier alpha value is -3.46. The Labute approximate surface area is 178 Å². The molecule has 0 saturated carbocycles. The van der Waals surface area contributed by atoms with Gasteiger partial charge in [-0.3, -0.25) is 4.79 Å². The van der Waals surface area contributed by atoms with Gasteiger partial charge in [-0.1, -0.05) is 30.3 Å². The molecule has 1 aliphatic heterocycles. The van der Waals surface area contributed by atoms with Gasteiger partial charge in [0.15, 0.2) is 15.5 Å². The summed E-state index contributed by atoms with van der Waals surface area (Å²) in [6, 6.07) is 14.6. The number of nitrogens with zero attached hydrogens (tertiary/aromatic N) is 3. The molecule has 31 heavy (non-hydrogen) atoms. The van der Waals surface area contributed by atoms with Gasteiger partial charge in [-0.25, -0.2) is 18.1 Å². The van der Waals surface area contributed by atoms with Crippen LogP contribution in [0.25, 0.3) is 22.3 Å². The van der Waals surface area contributed by atoms with Crippen LogP contribution >= 0.6 is 0 Å². The number of rotatable bonds is 5. The van der Waals surface area contributed by atoms with Crippen LogP contribution in [0, 0.1) is 0 Å². The van der Waals surface area contributed by atoms with E-state index in [0.29, 0.717) is 35.3 Å². The third-order valence-electron chi connectivity index (χ3n) is 5.38. The summed E-state index contributed by atoms with van der Waals surface area (Å²) >= 11 is 0. The number of sulfone groups is 1. The Kier molecular flexibility index (Phi) is 4.82. The van der Waals surface area contributed by atoms with E-state index in [-0.39, 0.29) is 23.5 Å². The fraction of sp³-hybridized carbons (Fsp3) is 0.227. The lowest BCUT2D eigenvalue weighted by molar-refractivity contribution is 0.0943. The van der Waals surface area contributed by atoms with Crippen molar-refractivity contribution >= 4 is 26.8 Å². The summed E-state index contributed by atoms with van der Waals surface area (Å²) in [5, 5.41) is 7.90. The molecule has 3 aromatic heterocycles. The normalized spacial score (nSPS) is 17.7. The van der Waals surface area contributed by atoms with Gasteiger partial charge in [-0.2, -0.15) is 5.10 Å². The summed E-state index contributed by atoms with van der Waals surface area (Å²) in [4.78, 5) is 17.9. The molecule has 1 N–H and O–H groups in total. The van der Waals surface area contributed by atoms with E-state index >= 15 is 0 Å². The molecule has 1 fully saturated rings. The SMILES string of the molecule is O=C(NC1CCS(=O)(=O)C1)c1cc(-c2ccccc2)nc2c1cnn2Cc1ccco1. The summed E-state index contributed by atoms with van der Waals surface area (Å²) < 4.78 is 30.7. The highest BCUT2D eigenvalue weighted by atomic mass is 32.2. The molecule has 1 aromatic carbocycles. The number of pyridine rings is 1. The fourth-order valence-corrected chi connectivity index (χ4v) is 5.50. The summed E-state index contributed by atoms with van der Waals surface area (Å²) in [7, 11) is -3.10. The van der Waals surface area contributed by atoms with Crippen molar-refractivity contribution in [3.63, 3.8) is 0 Å². The van der Waals surface area contributed by atoms with Gasteiger partial charge < -0.3 is 9.73 Å². The number of hydrogen-bond donors (Lipinski definition) is 1. The van der Waals surface area contributed by atoms with E-state index < -0.39 is 9.84 Å². The minimum Gasteiger partial charge on any atom is -0.467 e. The summed E-state index contributed by atoms with van der Waals surface area (Å²) in [6.07, 6.45) is 3.63. The molecular weight excluding hydrogens is 416 g/mol. The first-order valence-electron chi connectivity index (χ1n) is 9.94. The molecule has 0 spiro atoms. The van der Waals surface area contributed by atoms with Crippen molar-refractivity contribution in [2.45, 2.75) is 19.0 Å². The average molecular weight is 436 g/mol. The van der Waals surface area contributed by atoms with Crippen LogP contribution in [0.4, 0.5) is 0 Å². The summed E-state index contributed by atoms with van der Waals surface area (Å²) in [6.45, 7) is 0.379. The van der Waals surface area contributed by atoms with Crippen LogP contribution in [-0.2, 0) is 16.4 Å². The number of aromatic nitrogens is 3. The summed E-state index contributed by atoms with van der Waals surface area (Å²) in [5.41, 5.74) is 2.48. The Morgan fingerprint density at radius 1 is 1.19 bits per heavy atom. The quantitative estimate of drug-likeness (QED) is 0.515. The first kappa shape index (κ1) is 19.5. The van der Waals surface area contributed by atoms with Gasteiger partial charge in [0.25, 0.3) is 5.91 Å². The number of carbonyl (C=O) groups is 1. The molecule has 158 valence electrons. The molecule has 5 rings (SSSR count). The molecule has 1 amide bonds. The van der Waals surface area contributed by atoms with E-state index in [1.807, 2.05) is 36.4 Å². The van der Waals surface area contributed by atoms with Gasteiger partial charge in [-0.05, 0) is 24.6 Å². The number of hydrogen-bond acceptors (Lipinski definition) is 6. The molecule has 9 heteroatoms. The van der Waals surface area contributed by atoms with Gasteiger partial charge in [-0.15, -0.1) is 0 Å². The number of furan rings is 1. The number of fused-ring (bicyclic) bond motifs is 1. The summed E-state index contributed by atoms with van der Waals surface area (Å²) in [5.74, 6) is 0.458. The maximum atomic E-state index is 13.1. The van der Waals surface area contributed by atoms with Crippen molar-refractivity contribution in [1.29, 1.82) is 0 Å². The number of nitrogens with one attached hydrogen (secondary N) is 1. The van der Waals surface area contributed by atoms with Crippen molar-refractivity contribution in [1.82, 2.24) is 20.1 Å². The predicted molar refractivity (Wildman–Crippen MR) is 115 cm³/mol. The van der Waals surface area contributed by atoms with Crippen LogP contribution in [0.1, 0.15) is 22.5 Å². The first-order valence-corrected chi connectivity index (χ1v) is 11.8. The molecular formula is C22H20N4O4S. The van der Waals surface area contributed by atoms with Gasteiger partial charge in [0.2, 0.25) is 0 Å². The Bertz CT molecular complexity index is 1350. The van der Waals surface area contributed by atoms with Gasteiger partial charge in [0.1, 0.15) is 12.3 Å². The van der Waals surface area contributed by atoms with Gasteiger partial charge >= 0.3 is 0 Å². The molecule has 0 aliphatic carbocycles. The van der Waals surface area contributed by atoms with E-state index in [4.69, 9.17) is 9.40 Å². The second kappa shape index (κ2) is 7.66. The Morgan fingerprint density at radius 3 is 2.74 bits per heavy atom. The molecule has 4 aromatic rings. The number of benzene rings is 1. The third kappa shape index (κ3) is 3.96. The third-order valence-corrected chi connectivity index (χ3v) is 7.14. The van der Waals surface area contributed by atoms with E-state index in [9.17, 15) is 13.2 Å². The highest BCUT2D eigenvalue weighted by molar-refractivity contribution is 7.91. The van der Waals surface area contributed by atoms with Crippen molar-refractivity contribution in [3.8, 4) is 11.3 Å². The van der Waals surface area contributed by atoms with Crippen molar-refractivity contribution in [3.05, 3.63) is 72.3 Å². The molecule has 8 nitrogen and oxygen atoms in total. The lowest BCUT2D eigenvalue weighted by Crippen LogP contribution is -2.35. The smallest absolute Gasteiger partial charge is 0.252 e. The zero-order valence-electron chi connectivity index (χ0n) is 16.6. The minimum absolute atomic E-state index is 0.0315. The van der Waals surface area contributed by atoms with Gasteiger partial charge in [0, 0.05) is 11.6 Å². The largest absolute Gasteiger partial charge is 0.467 e. The zero-order chi connectivity index (χ0) is 21.4. The van der Waals surface area contributed by atoms with Crippen LogP contribution in [-0.4, -0.2) is 46.6 Å². The first-order chi connectivity index (χ1) is 15.0. The molecule has 1 atom stereocenters. The highest BCUT2D eigenvalue weighted by Crippen LogP contribution is 2.26. The van der Waals surface area contributed by atoms with E-state index in [0.717, 1.165) is 11.3 Å². The standard InChI is InChI=1S/C22H20N4O4S/c27-22(24-16-8-10-31(28,29)14-16)18-11-20(15-5-2-1-3-6-15)25-21-19(18)12-23-26(21)13-17-7-4-9-30-17/h1-7,9,11-12,16H,8,10,13-14H2,(H,24,27). The lowest BCUT2D eigenvalue weighted by atomic mass is 10.1. The molecule has 1 aliphatic rings. The monoisotopic (exact) mass is 436 g/mol. The van der Waals surface area contributed by atoms with Crippen molar-refractivity contribution < 1.29 is 17.6 Å². The second-order valence-corrected chi connectivity index (χ2v) is 9.84. The lowest BCUT2D eigenvalue weighted by Gasteiger charge is -2.13. The molecule has 0 bridgehead atoms. The van der Waals surface area contributed by atoms with E-state index in [1.165, 1.54) is 0 Å². The van der Waals surface area contributed by atoms with Crippen LogP contribution in [0.3, 0.4) is 0 Å². The number of amides is 1.